The van der Waals surface area contributed by atoms with Gasteiger partial charge in [-0.05, 0) is 87.0 Å². The smallest absolute Gasteiger partial charge is 0.0970 e. The molecule has 0 atom stereocenters. The van der Waals surface area contributed by atoms with E-state index in [0.29, 0.717) is 0 Å². The van der Waals surface area contributed by atoms with E-state index in [0.717, 1.165) is 21.8 Å². The maximum atomic E-state index is 4.75. The summed E-state index contributed by atoms with van der Waals surface area (Å²) in [6.07, 6.45) is 3.71. The normalized spacial score (nSPS) is 15.1. The number of nitrogens with zero attached hydrogens (tertiary/aromatic N) is 3. The lowest BCUT2D eigenvalue weighted by Crippen LogP contribution is -2.20. The van der Waals surface area contributed by atoms with Crippen molar-refractivity contribution in [1.82, 2.24) is 14.5 Å². The highest BCUT2D eigenvalue weighted by molar-refractivity contribution is 6.10. The quantitative estimate of drug-likeness (QED) is 0.184. The maximum absolute atomic E-state index is 4.75. The summed E-state index contributed by atoms with van der Waals surface area (Å²) in [5, 5.41) is 3.55. The van der Waals surface area contributed by atoms with Gasteiger partial charge in [0.15, 0.2) is 0 Å². The molecule has 2 aliphatic carbocycles. The molecule has 3 heterocycles. The third-order valence-corrected chi connectivity index (χ3v) is 11.0. The van der Waals surface area contributed by atoms with Crippen LogP contribution in [0.25, 0.3) is 71.8 Å². The fourth-order valence-corrected chi connectivity index (χ4v) is 8.79. The Kier molecular flexibility index (Phi) is 5.13. The van der Waals surface area contributed by atoms with E-state index >= 15 is 0 Å². The Morgan fingerprint density at radius 1 is 0.511 bits per heavy atom. The largest absolute Gasteiger partial charge is 0.312 e. The average molecular weight is 604 g/mol. The van der Waals surface area contributed by atoms with Gasteiger partial charge in [-0.15, -0.1) is 0 Å². The zero-order chi connectivity index (χ0) is 31.7. The van der Waals surface area contributed by atoms with Crippen molar-refractivity contribution in [3.05, 3.63) is 150 Å². The van der Waals surface area contributed by atoms with Crippen LogP contribution in [0, 0.1) is 0 Å². The highest BCUT2D eigenvalue weighted by Gasteiger charge is 2.42. The van der Waals surface area contributed by atoms with E-state index in [9.17, 15) is 0 Å². The van der Waals surface area contributed by atoms with Crippen LogP contribution >= 0.6 is 0 Å². The number of hydrogen-bond acceptors (Lipinski definition) is 2. The molecule has 5 aromatic carbocycles. The number of benzene rings is 5. The first-order valence-electron chi connectivity index (χ1n) is 16.5. The number of pyridine rings is 2. The monoisotopic (exact) mass is 603 g/mol. The van der Waals surface area contributed by atoms with E-state index in [1.165, 1.54) is 72.4 Å². The lowest BCUT2D eigenvalue weighted by atomic mass is 9.82. The van der Waals surface area contributed by atoms with Gasteiger partial charge >= 0.3 is 0 Å². The lowest BCUT2D eigenvalue weighted by molar-refractivity contribution is 0.623. The van der Waals surface area contributed by atoms with Gasteiger partial charge in [0.2, 0.25) is 0 Å². The van der Waals surface area contributed by atoms with Gasteiger partial charge in [-0.25, -0.2) is 0 Å². The number of hydrogen-bond donors (Lipinski definition) is 0. The molecule has 2 aliphatic rings. The van der Waals surface area contributed by atoms with Crippen molar-refractivity contribution in [2.24, 2.45) is 0 Å². The second kappa shape index (κ2) is 9.04. The summed E-state index contributed by atoms with van der Waals surface area (Å²) in [5.74, 6) is 0. The van der Waals surface area contributed by atoms with E-state index in [-0.39, 0.29) is 10.8 Å². The van der Waals surface area contributed by atoms with E-state index in [1.807, 2.05) is 24.5 Å². The van der Waals surface area contributed by atoms with Gasteiger partial charge in [-0.1, -0.05) is 100 Å². The number of rotatable bonds is 2. The third-order valence-electron chi connectivity index (χ3n) is 11.0. The van der Waals surface area contributed by atoms with Gasteiger partial charge in [0.05, 0.1) is 16.6 Å². The molecule has 3 aromatic heterocycles. The van der Waals surface area contributed by atoms with E-state index in [1.54, 1.807) is 0 Å². The first-order valence-corrected chi connectivity index (χ1v) is 16.5. The topological polar surface area (TPSA) is 30.7 Å². The molecule has 10 rings (SSSR count). The molecule has 0 fully saturated rings. The molecule has 0 bridgehead atoms. The Balaban J connectivity index is 1.23. The van der Waals surface area contributed by atoms with E-state index in [2.05, 4.69) is 140 Å². The predicted octanol–water partition coefficient (Wildman–Crippen LogP) is 11.0. The molecule has 0 unspecified atom stereocenters. The average Bonchev–Trinajstić information content (AvgIpc) is 3.65. The van der Waals surface area contributed by atoms with Gasteiger partial charge in [0, 0.05) is 56.3 Å². The molecular formula is C44H33N3. The Morgan fingerprint density at radius 2 is 1.19 bits per heavy atom. The number of aromatic nitrogens is 3. The zero-order valence-corrected chi connectivity index (χ0v) is 27.0. The SMILES string of the molecule is CC1(C)c2ccccc2-c2cc3c4c(n(-c5ccc(-c6cc7cccnc7c7ncccc67)cc5)c3cc21)C(C)(C)c1ccccc1-4. The second-order valence-electron chi connectivity index (χ2n) is 14.3. The van der Waals surface area contributed by atoms with Gasteiger partial charge in [0.25, 0.3) is 0 Å². The van der Waals surface area contributed by atoms with Crippen molar-refractivity contribution in [2.75, 3.05) is 0 Å². The van der Waals surface area contributed by atoms with E-state index in [4.69, 9.17) is 4.98 Å². The van der Waals surface area contributed by atoms with Crippen molar-refractivity contribution >= 4 is 32.7 Å². The van der Waals surface area contributed by atoms with Gasteiger partial charge in [-0.3, -0.25) is 9.97 Å². The Hall–Kier alpha value is -5.54. The minimum atomic E-state index is -0.158. The minimum Gasteiger partial charge on any atom is -0.312 e. The third kappa shape index (κ3) is 3.41. The first kappa shape index (κ1) is 26.7. The summed E-state index contributed by atoms with van der Waals surface area (Å²) >= 11 is 0. The fourth-order valence-electron chi connectivity index (χ4n) is 8.79. The molecule has 0 N–H and O–H groups in total. The molecule has 0 radical (unpaired) electrons. The lowest BCUT2D eigenvalue weighted by Gasteiger charge is -2.25. The summed E-state index contributed by atoms with van der Waals surface area (Å²) < 4.78 is 2.55. The van der Waals surface area contributed by atoms with Crippen LogP contribution in [0.1, 0.15) is 50.1 Å². The molecule has 0 saturated heterocycles. The Bertz CT molecular complexity index is 2620. The summed E-state index contributed by atoms with van der Waals surface area (Å²) in [5.41, 5.74) is 17.5. The van der Waals surface area contributed by atoms with Gasteiger partial charge in [-0.2, -0.15) is 0 Å². The molecule has 3 nitrogen and oxygen atoms in total. The highest BCUT2D eigenvalue weighted by atomic mass is 15.0. The Morgan fingerprint density at radius 3 is 1.98 bits per heavy atom. The summed E-state index contributed by atoms with van der Waals surface area (Å²) in [7, 11) is 0. The first-order chi connectivity index (χ1) is 22.8. The molecule has 0 aliphatic heterocycles. The molecule has 0 saturated carbocycles. The highest BCUT2D eigenvalue weighted by Crippen LogP contribution is 2.57. The van der Waals surface area contributed by atoms with Crippen LogP contribution in [0.4, 0.5) is 0 Å². The van der Waals surface area contributed by atoms with Crippen LogP contribution in [0.15, 0.2) is 128 Å². The van der Waals surface area contributed by atoms with Crippen LogP contribution < -0.4 is 0 Å². The van der Waals surface area contributed by atoms with Gasteiger partial charge < -0.3 is 4.57 Å². The molecule has 0 amide bonds. The zero-order valence-electron chi connectivity index (χ0n) is 27.0. The summed E-state index contributed by atoms with van der Waals surface area (Å²) in [6.45, 7) is 9.51. The van der Waals surface area contributed by atoms with E-state index < -0.39 is 0 Å². The number of fused-ring (bicyclic) bond motifs is 11. The molecule has 3 heteroatoms. The van der Waals surface area contributed by atoms with Crippen molar-refractivity contribution in [1.29, 1.82) is 0 Å². The standard InChI is InChI=1S/C44H33N3/c1-43(2)35-15-7-5-12-29(35)33-24-34-38(25-37(33)43)47(42-39(34)31-13-6-8-16-36(31)44(42,3)4)28-19-17-26(18-20-28)32-23-27-11-9-21-45-40(27)41-30(32)14-10-22-46-41/h5-25H,1-4H3. The fraction of sp³-hybridized carbons (Fsp3) is 0.136. The predicted molar refractivity (Wildman–Crippen MR) is 194 cm³/mol. The maximum Gasteiger partial charge on any atom is 0.0970 e. The summed E-state index contributed by atoms with van der Waals surface area (Å²) in [4.78, 5) is 9.42. The van der Waals surface area contributed by atoms with Crippen LogP contribution in [-0.4, -0.2) is 14.5 Å². The molecule has 47 heavy (non-hydrogen) atoms. The second-order valence-corrected chi connectivity index (χ2v) is 14.3. The van der Waals surface area contributed by atoms with Crippen LogP contribution in [0.5, 0.6) is 0 Å². The van der Waals surface area contributed by atoms with Crippen LogP contribution in [0.2, 0.25) is 0 Å². The van der Waals surface area contributed by atoms with Crippen molar-refractivity contribution in [3.63, 3.8) is 0 Å². The molecular weight excluding hydrogens is 571 g/mol. The van der Waals surface area contributed by atoms with Crippen molar-refractivity contribution < 1.29 is 0 Å². The van der Waals surface area contributed by atoms with Crippen LogP contribution in [0.3, 0.4) is 0 Å². The van der Waals surface area contributed by atoms with Crippen LogP contribution in [-0.2, 0) is 10.8 Å². The Labute approximate surface area is 274 Å². The molecule has 0 spiro atoms. The van der Waals surface area contributed by atoms with Crippen molar-refractivity contribution in [3.8, 4) is 39.1 Å². The summed E-state index contributed by atoms with van der Waals surface area (Å²) in [6, 6.07) is 42.6. The molecule has 8 aromatic rings. The molecule has 224 valence electrons. The minimum absolute atomic E-state index is 0.0724. The van der Waals surface area contributed by atoms with Crippen molar-refractivity contribution in [2.45, 2.75) is 38.5 Å². The van der Waals surface area contributed by atoms with Gasteiger partial charge in [0.1, 0.15) is 0 Å².